The van der Waals surface area contributed by atoms with Crippen LogP contribution in [0.25, 0.3) is 0 Å². The molecule has 0 aromatic carbocycles. The molecule has 20 heavy (non-hydrogen) atoms. The van der Waals surface area contributed by atoms with Gasteiger partial charge in [-0.3, -0.25) is 4.79 Å². The number of aromatic carboxylic acids is 1. The number of hydrogen-bond acceptors (Lipinski definition) is 4. The van der Waals surface area contributed by atoms with Gasteiger partial charge in [-0.1, -0.05) is 6.07 Å². The number of imidazole rings is 1. The molecular weight excluding hydrogens is 278 g/mol. The Kier molecular flexibility index (Phi) is 4.89. The fourth-order valence-corrected chi connectivity index (χ4v) is 2.41. The standard InChI is InChI=1S/C13H15N3O3S/c17-12(4-3-10-2-1-7-20-10)14-5-6-16-8-11(13(18)19)15-9-16/h1-2,7-9H,3-6H2,(H,14,17)(H,18,19). The second kappa shape index (κ2) is 6.85. The van der Waals surface area contributed by atoms with E-state index in [9.17, 15) is 9.59 Å². The van der Waals surface area contributed by atoms with Gasteiger partial charge in [0.25, 0.3) is 0 Å². The van der Waals surface area contributed by atoms with E-state index in [1.54, 1.807) is 15.9 Å². The fourth-order valence-electron chi connectivity index (χ4n) is 1.70. The van der Waals surface area contributed by atoms with Crippen molar-refractivity contribution >= 4 is 23.2 Å². The summed E-state index contributed by atoms with van der Waals surface area (Å²) in [6, 6.07) is 3.98. The molecule has 2 aromatic heterocycles. The van der Waals surface area contributed by atoms with Crippen LogP contribution in [0.5, 0.6) is 0 Å². The maximum Gasteiger partial charge on any atom is 0.356 e. The molecule has 0 atom stereocenters. The van der Waals surface area contributed by atoms with Crippen LogP contribution in [0.3, 0.4) is 0 Å². The maximum absolute atomic E-state index is 11.6. The highest BCUT2D eigenvalue weighted by atomic mass is 32.1. The molecule has 106 valence electrons. The van der Waals surface area contributed by atoms with Crippen molar-refractivity contribution in [3.63, 3.8) is 0 Å². The molecule has 1 amide bonds. The van der Waals surface area contributed by atoms with E-state index in [4.69, 9.17) is 5.11 Å². The summed E-state index contributed by atoms with van der Waals surface area (Å²) in [6.45, 7) is 0.962. The van der Waals surface area contributed by atoms with Crippen LogP contribution in [0.2, 0.25) is 0 Å². The highest BCUT2D eigenvalue weighted by Crippen LogP contribution is 2.10. The Labute approximate surface area is 120 Å². The summed E-state index contributed by atoms with van der Waals surface area (Å²) in [5.74, 6) is -1.05. The number of thiophene rings is 1. The number of amides is 1. The Balaban J connectivity index is 1.67. The van der Waals surface area contributed by atoms with Crippen molar-refractivity contribution < 1.29 is 14.7 Å². The van der Waals surface area contributed by atoms with Crippen molar-refractivity contribution in [1.29, 1.82) is 0 Å². The van der Waals surface area contributed by atoms with Gasteiger partial charge in [-0.25, -0.2) is 9.78 Å². The molecule has 0 fully saturated rings. The Morgan fingerprint density at radius 3 is 2.95 bits per heavy atom. The van der Waals surface area contributed by atoms with Gasteiger partial charge >= 0.3 is 5.97 Å². The zero-order valence-electron chi connectivity index (χ0n) is 10.8. The predicted octanol–water partition coefficient (Wildman–Crippen LogP) is 1.39. The number of nitrogens with one attached hydrogen (secondary N) is 1. The molecule has 0 aliphatic heterocycles. The molecule has 2 rings (SSSR count). The second-order valence-electron chi connectivity index (χ2n) is 4.23. The number of nitrogens with zero attached hydrogens (tertiary/aromatic N) is 2. The Bertz CT molecular complexity index is 577. The van der Waals surface area contributed by atoms with Crippen LogP contribution in [0, 0.1) is 0 Å². The number of carbonyl (C=O) groups excluding carboxylic acids is 1. The molecular formula is C13H15N3O3S. The van der Waals surface area contributed by atoms with E-state index in [0.29, 0.717) is 19.5 Å². The fraction of sp³-hybridized carbons (Fsp3) is 0.308. The van der Waals surface area contributed by atoms with E-state index in [-0.39, 0.29) is 11.6 Å². The molecule has 0 aliphatic carbocycles. The van der Waals surface area contributed by atoms with Crippen LogP contribution in [-0.4, -0.2) is 33.1 Å². The zero-order valence-corrected chi connectivity index (χ0v) is 11.6. The van der Waals surface area contributed by atoms with Crippen LogP contribution in [0.1, 0.15) is 21.8 Å². The third-order valence-electron chi connectivity index (χ3n) is 2.72. The molecule has 2 heterocycles. The topological polar surface area (TPSA) is 84.2 Å². The van der Waals surface area contributed by atoms with E-state index in [1.807, 2.05) is 17.5 Å². The lowest BCUT2D eigenvalue weighted by Crippen LogP contribution is -2.27. The maximum atomic E-state index is 11.6. The summed E-state index contributed by atoms with van der Waals surface area (Å²) >= 11 is 1.64. The lowest BCUT2D eigenvalue weighted by atomic mass is 10.2. The molecule has 2 N–H and O–H groups in total. The Morgan fingerprint density at radius 1 is 1.45 bits per heavy atom. The lowest BCUT2D eigenvalue weighted by Gasteiger charge is -2.05. The normalized spacial score (nSPS) is 10.4. The lowest BCUT2D eigenvalue weighted by molar-refractivity contribution is -0.121. The van der Waals surface area contributed by atoms with E-state index < -0.39 is 5.97 Å². The SMILES string of the molecule is O=C(CCc1cccs1)NCCn1cnc(C(=O)O)c1. The summed E-state index contributed by atoms with van der Waals surface area (Å²) in [5, 5.41) is 13.5. The van der Waals surface area contributed by atoms with Crippen LogP contribution < -0.4 is 5.32 Å². The quantitative estimate of drug-likeness (QED) is 0.808. The summed E-state index contributed by atoms with van der Waals surface area (Å²) < 4.78 is 1.64. The van der Waals surface area contributed by atoms with E-state index in [2.05, 4.69) is 10.3 Å². The average Bonchev–Trinajstić information content (AvgIpc) is 3.07. The van der Waals surface area contributed by atoms with Crippen molar-refractivity contribution in [1.82, 2.24) is 14.9 Å². The minimum absolute atomic E-state index is 0.00280. The molecule has 2 aromatic rings. The third kappa shape index (κ3) is 4.20. The Morgan fingerprint density at radius 2 is 2.30 bits per heavy atom. The molecule has 6 nitrogen and oxygen atoms in total. The van der Waals surface area contributed by atoms with Gasteiger partial charge in [-0.2, -0.15) is 0 Å². The van der Waals surface area contributed by atoms with Crippen molar-refractivity contribution in [3.05, 3.63) is 40.6 Å². The molecule has 0 aliphatic rings. The number of carbonyl (C=O) groups is 2. The molecule has 0 saturated heterocycles. The van der Waals surface area contributed by atoms with Gasteiger partial charge in [-0.05, 0) is 17.9 Å². The van der Waals surface area contributed by atoms with Gasteiger partial charge in [0.1, 0.15) is 0 Å². The van der Waals surface area contributed by atoms with E-state index in [1.165, 1.54) is 17.4 Å². The van der Waals surface area contributed by atoms with Crippen LogP contribution >= 0.6 is 11.3 Å². The number of aryl methyl sites for hydroxylation is 1. The number of rotatable bonds is 7. The molecule has 0 bridgehead atoms. The smallest absolute Gasteiger partial charge is 0.356 e. The first-order valence-corrected chi connectivity index (χ1v) is 7.07. The van der Waals surface area contributed by atoms with E-state index in [0.717, 1.165) is 6.42 Å². The summed E-state index contributed by atoms with van der Waals surface area (Å²) in [4.78, 5) is 27.2. The monoisotopic (exact) mass is 293 g/mol. The summed E-state index contributed by atoms with van der Waals surface area (Å²) in [5.41, 5.74) is 0.00835. The molecule has 0 saturated carbocycles. The summed E-state index contributed by atoms with van der Waals surface area (Å²) in [7, 11) is 0. The van der Waals surface area contributed by atoms with Gasteiger partial charge in [0.05, 0.1) is 6.33 Å². The summed E-state index contributed by atoms with van der Waals surface area (Å²) in [6.07, 6.45) is 4.10. The van der Waals surface area contributed by atoms with Gasteiger partial charge in [0, 0.05) is 30.6 Å². The van der Waals surface area contributed by atoms with Crippen LogP contribution in [0.4, 0.5) is 0 Å². The largest absolute Gasteiger partial charge is 0.476 e. The van der Waals surface area contributed by atoms with Crippen molar-refractivity contribution in [2.24, 2.45) is 0 Å². The number of carboxylic acids is 1. The van der Waals surface area contributed by atoms with Crippen molar-refractivity contribution in [2.45, 2.75) is 19.4 Å². The van der Waals surface area contributed by atoms with E-state index >= 15 is 0 Å². The molecule has 0 spiro atoms. The number of hydrogen-bond donors (Lipinski definition) is 2. The second-order valence-corrected chi connectivity index (χ2v) is 5.26. The zero-order chi connectivity index (χ0) is 14.4. The minimum atomic E-state index is -1.05. The van der Waals surface area contributed by atoms with Crippen molar-refractivity contribution in [2.75, 3.05) is 6.54 Å². The first-order chi connectivity index (χ1) is 9.65. The van der Waals surface area contributed by atoms with Crippen LogP contribution in [0.15, 0.2) is 30.0 Å². The first-order valence-electron chi connectivity index (χ1n) is 6.19. The van der Waals surface area contributed by atoms with Gasteiger partial charge in [0.15, 0.2) is 5.69 Å². The molecule has 0 radical (unpaired) electrons. The average molecular weight is 293 g/mol. The van der Waals surface area contributed by atoms with Gasteiger partial charge in [0.2, 0.25) is 5.91 Å². The minimum Gasteiger partial charge on any atom is -0.476 e. The highest BCUT2D eigenvalue weighted by molar-refractivity contribution is 7.09. The van der Waals surface area contributed by atoms with Crippen molar-refractivity contribution in [3.8, 4) is 0 Å². The molecule has 0 unspecified atom stereocenters. The number of aromatic nitrogens is 2. The van der Waals surface area contributed by atoms with Gasteiger partial charge < -0.3 is 15.0 Å². The number of carboxylic acid groups (broad SMARTS) is 1. The predicted molar refractivity (Wildman–Crippen MR) is 74.8 cm³/mol. The third-order valence-corrected chi connectivity index (χ3v) is 3.66. The molecule has 7 heteroatoms. The first kappa shape index (κ1) is 14.3. The highest BCUT2D eigenvalue weighted by Gasteiger charge is 2.06. The van der Waals surface area contributed by atoms with Gasteiger partial charge in [-0.15, -0.1) is 11.3 Å². The Hall–Kier alpha value is -2.15. The van der Waals surface area contributed by atoms with Crippen LogP contribution in [-0.2, 0) is 17.8 Å².